The third-order valence-corrected chi connectivity index (χ3v) is 1.75. The largest absolute Gasteiger partial charge is 0.476 e. The minimum Gasteiger partial charge on any atom is -0.476 e. The normalized spacial score (nSPS) is 10.2. The molecule has 64 valence electrons. The maximum Gasteiger partial charge on any atom is 0.355 e. The molecule has 0 fully saturated rings. The van der Waals surface area contributed by atoms with Crippen LogP contribution in [0.15, 0.2) is 30.6 Å². The van der Waals surface area contributed by atoms with Crippen molar-refractivity contribution in [3.8, 4) is 0 Å². The fourth-order valence-electron chi connectivity index (χ4n) is 1.18. The van der Waals surface area contributed by atoms with Crippen LogP contribution < -0.4 is 0 Å². The van der Waals surface area contributed by atoms with Crippen LogP contribution in [0.25, 0.3) is 10.9 Å². The number of hydrogen-bond acceptors (Lipinski definition) is 3. The van der Waals surface area contributed by atoms with Gasteiger partial charge in [-0.25, -0.2) is 14.8 Å². The molecular weight excluding hydrogens is 168 g/mol. The lowest BCUT2D eigenvalue weighted by atomic mass is 10.2. The van der Waals surface area contributed by atoms with Crippen LogP contribution in [0.1, 0.15) is 10.5 Å². The van der Waals surface area contributed by atoms with Gasteiger partial charge in [-0.05, 0) is 6.07 Å². The van der Waals surface area contributed by atoms with Gasteiger partial charge in [0.05, 0.1) is 5.52 Å². The molecule has 4 nitrogen and oxygen atoms in total. The standard InChI is InChI=1S/C9H6N2O2/c12-9(13)8-6-3-1-2-4-7(6)10-5-11-8/h1-5H,(H,12,13). The lowest BCUT2D eigenvalue weighted by Crippen LogP contribution is -2.01. The quantitative estimate of drug-likeness (QED) is 0.708. The molecule has 0 saturated heterocycles. The van der Waals surface area contributed by atoms with Crippen molar-refractivity contribution in [2.45, 2.75) is 0 Å². The van der Waals surface area contributed by atoms with Crippen LogP contribution in [0.3, 0.4) is 0 Å². The van der Waals surface area contributed by atoms with Crippen LogP contribution in [0.2, 0.25) is 0 Å². The second-order valence-corrected chi connectivity index (χ2v) is 2.54. The van der Waals surface area contributed by atoms with E-state index >= 15 is 0 Å². The molecule has 0 bridgehead atoms. The highest BCUT2D eigenvalue weighted by atomic mass is 16.4. The molecule has 0 aliphatic rings. The Hall–Kier alpha value is -1.97. The zero-order valence-electron chi connectivity index (χ0n) is 6.64. The summed E-state index contributed by atoms with van der Waals surface area (Å²) in [6, 6.07) is 7.02. The number of aromatic nitrogens is 2. The Morgan fingerprint density at radius 2 is 2.00 bits per heavy atom. The lowest BCUT2D eigenvalue weighted by molar-refractivity contribution is 0.0692. The second kappa shape index (κ2) is 2.82. The molecule has 0 unspecified atom stereocenters. The number of hydrogen-bond donors (Lipinski definition) is 1. The van der Waals surface area contributed by atoms with Crippen LogP contribution in [0, 0.1) is 0 Å². The molecule has 0 radical (unpaired) electrons. The van der Waals surface area contributed by atoms with E-state index in [1.807, 2.05) is 0 Å². The molecule has 13 heavy (non-hydrogen) atoms. The van der Waals surface area contributed by atoms with Crippen molar-refractivity contribution < 1.29 is 9.90 Å². The summed E-state index contributed by atoms with van der Waals surface area (Å²) in [7, 11) is 0. The van der Waals surface area contributed by atoms with E-state index in [-0.39, 0.29) is 5.69 Å². The van der Waals surface area contributed by atoms with Crippen LogP contribution in [0.4, 0.5) is 0 Å². The number of aromatic carboxylic acids is 1. The zero-order valence-corrected chi connectivity index (χ0v) is 6.64. The van der Waals surface area contributed by atoms with Crippen molar-refractivity contribution in [1.29, 1.82) is 0 Å². The molecule has 0 amide bonds. The van der Waals surface area contributed by atoms with Crippen LogP contribution in [-0.4, -0.2) is 21.0 Å². The summed E-state index contributed by atoms with van der Waals surface area (Å²) >= 11 is 0. The summed E-state index contributed by atoms with van der Waals surface area (Å²) in [6.07, 6.45) is 1.26. The summed E-state index contributed by atoms with van der Waals surface area (Å²) in [4.78, 5) is 18.4. The van der Waals surface area contributed by atoms with Crippen molar-refractivity contribution >= 4 is 16.9 Å². The average molecular weight is 174 g/mol. The van der Waals surface area contributed by atoms with Gasteiger partial charge in [0.1, 0.15) is 6.33 Å². The van der Waals surface area contributed by atoms with Gasteiger partial charge in [0.2, 0.25) is 0 Å². The predicted molar refractivity (Wildman–Crippen MR) is 46.5 cm³/mol. The first-order valence-corrected chi connectivity index (χ1v) is 3.72. The molecule has 0 aliphatic carbocycles. The molecule has 4 heteroatoms. The Balaban J connectivity index is 2.83. The Morgan fingerprint density at radius 1 is 1.23 bits per heavy atom. The Bertz CT molecular complexity index is 463. The topological polar surface area (TPSA) is 63.1 Å². The van der Waals surface area contributed by atoms with Crippen molar-refractivity contribution in [1.82, 2.24) is 9.97 Å². The van der Waals surface area contributed by atoms with E-state index in [1.54, 1.807) is 24.3 Å². The number of carboxylic acid groups (broad SMARTS) is 1. The molecule has 1 N–H and O–H groups in total. The van der Waals surface area contributed by atoms with Gasteiger partial charge in [0, 0.05) is 5.39 Å². The monoisotopic (exact) mass is 174 g/mol. The smallest absolute Gasteiger partial charge is 0.355 e. The molecular formula is C9H6N2O2. The molecule has 1 aromatic heterocycles. The first kappa shape index (κ1) is 7.67. The number of carbonyl (C=O) groups is 1. The van der Waals surface area contributed by atoms with Crippen molar-refractivity contribution in [2.75, 3.05) is 0 Å². The van der Waals surface area contributed by atoms with E-state index < -0.39 is 5.97 Å². The van der Waals surface area contributed by atoms with Gasteiger partial charge in [0.15, 0.2) is 5.69 Å². The van der Waals surface area contributed by atoms with Crippen molar-refractivity contribution in [3.05, 3.63) is 36.3 Å². The highest BCUT2D eigenvalue weighted by Gasteiger charge is 2.08. The number of rotatable bonds is 1. The third-order valence-electron chi connectivity index (χ3n) is 1.75. The Kier molecular flexibility index (Phi) is 1.66. The van der Waals surface area contributed by atoms with E-state index in [2.05, 4.69) is 9.97 Å². The van der Waals surface area contributed by atoms with Crippen LogP contribution in [-0.2, 0) is 0 Å². The lowest BCUT2D eigenvalue weighted by Gasteiger charge is -1.98. The maximum atomic E-state index is 10.7. The third kappa shape index (κ3) is 1.22. The van der Waals surface area contributed by atoms with E-state index in [0.29, 0.717) is 10.9 Å². The number of para-hydroxylation sites is 1. The van der Waals surface area contributed by atoms with E-state index in [4.69, 9.17) is 5.11 Å². The van der Waals surface area contributed by atoms with Gasteiger partial charge in [-0.15, -0.1) is 0 Å². The maximum absolute atomic E-state index is 10.7. The predicted octanol–water partition coefficient (Wildman–Crippen LogP) is 1.33. The molecule has 0 aliphatic heterocycles. The van der Waals surface area contributed by atoms with Gasteiger partial charge >= 0.3 is 5.97 Å². The van der Waals surface area contributed by atoms with Gasteiger partial charge in [0.25, 0.3) is 0 Å². The van der Waals surface area contributed by atoms with E-state index in [0.717, 1.165) is 0 Å². The fourth-order valence-corrected chi connectivity index (χ4v) is 1.18. The van der Waals surface area contributed by atoms with E-state index in [1.165, 1.54) is 6.33 Å². The SMILES string of the molecule is O=C(O)c1ncnc2ccccc12. The molecule has 0 atom stereocenters. The molecule has 1 heterocycles. The summed E-state index contributed by atoms with van der Waals surface area (Å²) in [6.45, 7) is 0. The second-order valence-electron chi connectivity index (χ2n) is 2.54. The summed E-state index contributed by atoms with van der Waals surface area (Å²) < 4.78 is 0. The average Bonchev–Trinajstić information content (AvgIpc) is 2.17. The van der Waals surface area contributed by atoms with Crippen LogP contribution >= 0.6 is 0 Å². The Morgan fingerprint density at radius 3 is 2.77 bits per heavy atom. The fraction of sp³-hybridized carbons (Fsp3) is 0. The summed E-state index contributed by atoms with van der Waals surface area (Å²) in [5.74, 6) is -1.03. The highest BCUT2D eigenvalue weighted by Crippen LogP contribution is 2.13. The Labute approximate surface area is 73.9 Å². The first-order chi connectivity index (χ1) is 6.29. The summed E-state index contributed by atoms with van der Waals surface area (Å²) in [5.41, 5.74) is 0.695. The van der Waals surface area contributed by atoms with Gasteiger partial charge < -0.3 is 5.11 Å². The number of fused-ring (bicyclic) bond motifs is 1. The summed E-state index contributed by atoms with van der Waals surface area (Å²) in [5, 5.41) is 9.36. The minimum absolute atomic E-state index is 0.0469. The van der Waals surface area contributed by atoms with Gasteiger partial charge in [-0.3, -0.25) is 0 Å². The van der Waals surface area contributed by atoms with Gasteiger partial charge in [-0.2, -0.15) is 0 Å². The number of benzene rings is 1. The number of carboxylic acids is 1. The minimum atomic E-state index is -1.03. The van der Waals surface area contributed by atoms with Crippen molar-refractivity contribution in [3.63, 3.8) is 0 Å². The highest BCUT2D eigenvalue weighted by molar-refractivity contribution is 6.00. The molecule has 2 rings (SSSR count). The molecule has 0 saturated carbocycles. The first-order valence-electron chi connectivity index (χ1n) is 3.72. The zero-order chi connectivity index (χ0) is 9.26. The molecule has 2 aromatic rings. The molecule has 1 aromatic carbocycles. The molecule has 0 spiro atoms. The number of nitrogens with zero attached hydrogens (tertiary/aromatic N) is 2. The van der Waals surface area contributed by atoms with Gasteiger partial charge in [-0.1, -0.05) is 18.2 Å². The van der Waals surface area contributed by atoms with E-state index in [9.17, 15) is 4.79 Å². The van der Waals surface area contributed by atoms with Crippen molar-refractivity contribution in [2.24, 2.45) is 0 Å². The van der Waals surface area contributed by atoms with Crippen LogP contribution in [0.5, 0.6) is 0 Å².